The summed E-state index contributed by atoms with van der Waals surface area (Å²) in [5.74, 6) is 1.11. The van der Waals surface area contributed by atoms with Crippen LogP contribution in [0.25, 0.3) is 0 Å². The molecule has 25 heavy (non-hydrogen) atoms. The third-order valence-electron chi connectivity index (χ3n) is 4.56. The van der Waals surface area contributed by atoms with Gasteiger partial charge in [-0.15, -0.1) is 0 Å². The maximum atomic E-state index is 12.6. The molecule has 1 saturated heterocycles. The van der Waals surface area contributed by atoms with Crippen LogP contribution in [0.3, 0.4) is 0 Å². The van der Waals surface area contributed by atoms with Gasteiger partial charge in [0.15, 0.2) is 0 Å². The predicted octanol–water partition coefficient (Wildman–Crippen LogP) is 2.22. The van der Waals surface area contributed by atoms with Crippen molar-refractivity contribution in [2.75, 3.05) is 39.0 Å². The molecule has 1 aromatic rings. The summed E-state index contributed by atoms with van der Waals surface area (Å²) in [6.45, 7) is 7.30. The molecule has 5 nitrogen and oxygen atoms in total. The van der Waals surface area contributed by atoms with Crippen LogP contribution in [0.1, 0.15) is 36.2 Å². The lowest BCUT2D eigenvalue weighted by atomic mass is 10.1. The normalized spacial score (nSPS) is 16.5. The first-order chi connectivity index (χ1) is 12.0. The number of carbonyl (C=O) groups is 2. The number of hydrogen-bond donors (Lipinski definition) is 1. The van der Waals surface area contributed by atoms with Crippen molar-refractivity contribution < 1.29 is 9.59 Å². The highest BCUT2D eigenvalue weighted by Gasteiger charge is 2.23. The van der Waals surface area contributed by atoms with E-state index in [4.69, 9.17) is 0 Å². The molecule has 0 saturated carbocycles. The number of benzene rings is 1. The first kappa shape index (κ1) is 19.8. The van der Waals surface area contributed by atoms with E-state index in [2.05, 4.69) is 23.4 Å². The van der Waals surface area contributed by atoms with Gasteiger partial charge in [0.1, 0.15) is 0 Å². The van der Waals surface area contributed by atoms with Gasteiger partial charge in [0.2, 0.25) is 5.91 Å². The number of nitrogens with zero attached hydrogens (tertiary/aromatic N) is 2. The lowest BCUT2D eigenvalue weighted by Crippen LogP contribution is -2.51. The Bertz CT molecular complexity index is 569. The molecule has 2 amide bonds. The van der Waals surface area contributed by atoms with Gasteiger partial charge in [0.25, 0.3) is 5.91 Å². The summed E-state index contributed by atoms with van der Waals surface area (Å²) in [6.07, 6.45) is 3.01. The standard InChI is InChI=1S/C19H29N3O2S/c1-4-15(2)20-18(23)13-21-9-11-22(12-10-21)19(24)17-7-5-16(6-8-17)14-25-3/h5-8,15H,4,9-14H2,1-3H3,(H,20,23). The molecule has 0 radical (unpaired) electrons. The Morgan fingerprint density at radius 3 is 2.36 bits per heavy atom. The van der Waals surface area contributed by atoms with Crippen LogP contribution >= 0.6 is 11.8 Å². The lowest BCUT2D eigenvalue weighted by Gasteiger charge is -2.34. The maximum Gasteiger partial charge on any atom is 0.253 e. The van der Waals surface area contributed by atoms with Crippen molar-refractivity contribution in [3.8, 4) is 0 Å². The van der Waals surface area contributed by atoms with Gasteiger partial charge in [0, 0.05) is 43.5 Å². The number of amides is 2. The monoisotopic (exact) mass is 363 g/mol. The van der Waals surface area contributed by atoms with Gasteiger partial charge in [-0.25, -0.2) is 0 Å². The number of hydrogen-bond acceptors (Lipinski definition) is 4. The van der Waals surface area contributed by atoms with E-state index in [1.807, 2.05) is 36.1 Å². The summed E-state index contributed by atoms with van der Waals surface area (Å²) >= 11 is 1.77. The summed E-state index contributed by atoms with van der Waals surface area (Å²) in [5, 5.41) is 2.99. The van der Waals surface area contributed by atoms with Crippen molar-refractivity contribution in [2.24, 2.45) is 0 Å². The van der Waals surface area contributed by atoms with E-state index < -0.39 is 0 Å². The van der Waals surface area contributed by atoms with Crippen LogP contribution in [-0.4, -0.2) is 66.6 Å². The Morgan fingerprint density at radius 1 is 1.16 bits per heavy atom. The molecule has 6 heteroatoms. The average molecular weight is 364 g/mol. The topological polar surface area (TPSA) is 52.7 Å². The highest BCUT2D eigenvalue weighted by molar-refractivity contribution is 7.97. The van der Waals surface area contributed by atoms with Crippen molar-refractivity contribution in [1.82, 2.24) is 15.1 Å². The minimum atomic E-state index is 0.0681. The number of thioether (sulfide) groups is 1. The molecule has 1 atom stereocenters. The zero-order valence-electron chi connectivity index (χ0n) is 15.5. The molecule has 1 unspecified atom stereocenters. The molecule has 1 fully saturated rings. The Hall–Kier alpha value is -1.53. The summed E-state index contributed by atoms with van der Waals surface area (Å²) < 4.78 is 0. The van der Waals surface area contributed by atoms with Gasteiger partial charge in [-0.05, 0) is 37.3 Å². The number of piperazine rings is 1. The molecule has 1 heterocycles. The minimum Gasteiger partial charge on any atom is -0.353 e. The maximum absolute atomic E-state index is 12.6. The molecule has 0 spiro atoms. The third kappa shape index (κ3) is 6.04. The van der Waals surface area contributed by atoms with Crippen LogP contribution in [0.4, 0.5) is 0 Å². The van der Waals surface area contributed by atoms with E-state index in [-0.39, 0.29) is 17.9 Å². The van der Waals surface area contributed by atoms with Crippen LogP contribution in [-0.2, 0) is 10.5 Å². The van der Waals surface area contributed by atoms with E-state index in [0.717, 1.165) is 30.8 Å². The van der Waals surface area contributed by atoms with Gasteiger partial charge in [-0.2, -0.15) is 11.8 Å². The van der Waals surface area contributed by atoms with Gasteiger partial charge < -0.3 is 10.2 Å². The summed E-state index contributed by atoms with van der Waals surface area (Å²) in [5.41, 5.74) is 1.98. The van der Waals surface area contributed by atoms with E-state index in [1.165, 1.54) is 5.56 Å². The largest absolute Gasteiger partial charge is 0.353 e. The molecular formula is C19H29N3O2S. The van der Waals surface area contributed by atoms with Gasteiger partial charge in [-0.1, -0.05) is 19.1 Å². The number of nitrogens with one attached hydrogen (secondary N) is 1. The summed E-state index contributed by atoms with van der Waals surface area (Å²) in [4.78, 5) is 28.6. The summed E-state index contributed by atoms with van der Waals surface area (Å²) in [7, 11) is 0. The zero-order chi connectivity index (χ0) is 18.2. The Morgan fingerprint density at radius 2 is 1.80 bits per heavy atom. The fourth-order valence-electron chi connectivity index (χ4n) is 2.83. The fourth-order valence-corrected chi connectivity index (χ4v) is 3.35. The number of carbonyl (C=O) groups excluding carboxylic acids is 2. The van der Waals surface area contributed by atoms with Gasteiger partial charge in [0.05, 0.1) is 6.54 Å². The molecule has 1 aliphatic heterocycles. The molecule has 0 aromatic heterocycles. The van der Waals surface area contributed by atoms with Gasteiger partial charge in [-0.3, -0.25) is 14.5 Å². The molecule has 138 valence electrons. The van der Waals surface area contributed by atoms with Crippen molar-refractivity contribution in [3.05, 3.63) is 35.4 Å². The first-order valence-corrected chi connectivity index (χ1v) is 10.3. The second-order valence-electron chi connectivity index (χ2n) is 6.58. The minimum absolute atomic E-state index is 0.0681. The van der Waals surface area contributed by atoms with Crippen LogP contribution < -0.4 is 5.32 Å². The van der Waals surface area contributed by atoms with Crippen molar-refractivity contribution >= 4 is 23.6 Å². The molecular weight excluding hydrogens is 334 g/mol. The molecule has 1 N–H and O–H groups in total. The first-order valence-electron chi connectivity index (χ1n) is 8.92. The van der Waals surface area contributed by atoms with E-state index in [9.17, 15) is 9.59 Å². The lowest BCUT2D eigenvalue weighted by molar-refractivity contribution is -0.123. The quantitative estimate of drug-likeness (QED) is 0.807. The van der Waals surface area contributed by atoms with Crippen LogP contribution in [0.5, 0.6) is 0 Å². The van der Waals surface area contributed by atoms with E-state index in [1.54, 1.807) is 11.8 Å². The number of rotatable bonds is 7. The Kier molecular flexibility index (Phi) is 7.78. The fraction of sp³-hybridized carbons (Fsp3) is 0.579. The molecule has 0 aliphatic carbocycles. The zero-order valence-corrected chi connectivity index (χ0v) is 16.3. The molecule has 1 aliphatic rings. The second-order valence-corrected chi connectivity index (χ2v) is 7.44. The third-order valence-corrected chi connectivity index (χ3v) is 5.18. The van der Waals surface area contributed by atoms with Gasteiger partial charge >= 0.3 is 0 Å². The predicted molar refractivity (Wildman–Crippen MR) is 104 cm³/mol. The molecule has 2 rings (SSSR count). The van der Waals surface area contributed by atoms with Crippen molar-refractivity contribution in [1.29, 1.82) is 0 Å². The Balaban J connectivity index is 1.80. The highest BCUT2D eigenvalue weighted by Crippen LogP contribution is 2.13. The average Bonchev–Trinajstić information content (AvgIpc) is 2.62. The second kappa shape index (κ2) is 9.82. The SMILES string of the molecule is CCC(C)NC(=O)CN1CCN(C(=O)c2ccc(CSC)cc2)CC1. The van der Waals surface area contributed by atoms with Crippen LogP contribution in [0, 0.1) is 0 Å². The summed E-state index contributed by atoms with van der Waals surface area (Å²) in [6, 6.07) is 8.10. The van der Waals surface area contributed by atoms with Crippen LogP contribution in [0.15, 0.2) is 24.3 Å². The van der Waals surface area contributed by atoms with E-state index >= 15 is 0 Å². The van der Waals surface area contributed by atoms with Crippen molar-refractivity contribution in [3.63, 3.8) is 0 Å². The van der Waals surface area contributed by atoms with Crippen molar-refractivity contribution in [2.45, 2.75) is 32.1 Å². The molecule has 0 bridgehead atoms. The smallest absolute Gasteiger partial charge is 0.253 e. The Labute approximate surface area is 155 Å². The highest BCUT2D eigenvalue weighted by atomic mass is 32.2. The molecule has 1 aromatic carbocycles. The van der Waals surface area contributed by atoms with E-state index in [0.29, 0.717) is 19.6 Å². The van der Waals surface area contributed by atoms with Crippen LogP contribution in [0.2, 0.25) is 0 Å².